The van der Waals surface area contributed by atoms with Gasteiger partial charge in [-0.25, -0.2) is 4.68 Å². The number of carbonyl (C=O) groups is 1. The van der Waals surface area contributed by atoms with Gasteiger partial charge in [0.05, 0.1) is 11.4 Å². The summed E-state index contributed by atoms with van der Waals surface area (Å²) in [5.74, 6) is -0.214. The van der Waals surface area contributed by atoms with Gasteiger partial charge >= 0.3 is 0 Å². The topological polar surface area (TPSA) is 82.1 Å². The molecule has 1 fully saturated rings. The first-order valence-electron chi connectivity index (χ1n) is 8.39. The van der Waals surface area contributed by atoms with E-state index in [1.165, 1.54) is 0 Å². The number of halogens is 1. The van der Waals surface area contributed by atoms with Crippen molar-refractivity contribution in [3.05, 3.63) is 46.4 Å². The molecule has 0 saturated heterocycles. The van der Waals surface area contributed by atoms with E-state index in [1.54, 1.807) is 9.36 Å². The van der Waals surface area contributed by atoms with Crippen LogP contribution in [-0.2, 0) is 11.8 Å². The standard InChI is InChI=1S/C18H24N4O2.ClH/c1-12-16(20-17(23)13-7-6-8-14(19)11-13)18(24)22(21(12)2)15-9-4-3-5-10-15;/h3-5,9-10,13-14H,6-8,11,19H2,1-2H3,(H,20,23);1H. The van der Waals surface area contributed by atoms with E-state index in [4.69, 9.17) is 5.73 Å². The first-order chi connectivity index (χ1) is 11.5. The predicted molar refractivity (Wildman–Crippen MR) is 102 cm³/mol. The van der Waals surface area contributed by atoms with Gasteiger partial charge in [-0.2, -0.15) is 0 Å². The first kappa shape index (κ1) is 19.3. The van der Waals surface area contributed by atoms with Crippen molar-refractivity contribution in [2.24, 2.45) is 18.7 Å². The fourth-order valence-electron chi connectivity index (χ4n) is 3.40. The Morgan fingerprint density at radius 2 is 1.92 bits per heavy atom. The van der Waals surface area contributed by atoms with Gasteiger partial charge in [0.25, 0.3) is 5.56 Å². The first-order valence-corrected chi connectivity index (χ1v) is 8.39. The van der Waals surface area contributed by atoms with E-state index in [1.807, 2.05) is 44.3 Å². The van der Waals surface area contributed by atoms with Crippen LogP contribution >= 0.6 is 12.4 Å². The van der Waals surface area contributed by atoms with E-state index in [0.29, 0.717) is 12.1 Å². The number of carbonyl (C=O) groups excluding carboxylic acids is 1. The van der Waals surface area contributed by atoms with Gasteiger partial charge in [-0.15, -0.1) is 12.4 Å². The van der Waals surface area contributed by atoms with Crippen molar-refractivity contribution >= 4 is 24.0 Å². The highest BCUT2D eigenvalue weighted by Gasteiger charge is 2.27. The molecule has 7 heteroatoms. The molecule has 25 heavy (non-hydrogen) atoms. The largest absolute Gasteiger partial charge is 0.328 e. The Morgan fingerprint density at radius 3 is 2.56 bits per heavy atom. The molecule has 1 aromatic heterocycles. The van der Waals surface area contributed by atoms with Crippen molar-refractivity contribution in [2.75, 3.05) is 5.32 Å². The minimum atomic E-state index is -0.213. The monoisotopic (exact) mass is 364 g/mol. The maximum atomic E-state index is 12.8. The lowest BCUT2D eigenvalue weighted by Gasteiger charge is -2.25. The lowest BCUT2D eigenvalue weighted by molar-refractivity contribution is -0.120. The molecule has 2 unspecified atom stereocenters. The second-order valence-electron chi connectivity index (χ2n) is 6.55. The highest BCUT2D eigenvalue weighted by molar-refractivity contribution is 5.93. The molecule has 0 aliphatic heterocycles. The van der Waals surface area contributed by atoms with Crippen LogP contribution in [0.25, 0.3) is 5.69 Å². The fourth-order valence-corrected chi connectivity index (χ4v) is 3.40. The van der Waals surface area contributed by atoms with Crippen molar-refractivity contribution in [2.45, 2.75) is 38.6 Å². The van der Waals surface area contributed by atoms with E-state index in [9.17, 15) is 9.59 Å². The Balaban J connectivity index is 0.00000225. The molecule has 1 aliphatic rings. The summed E-state index contributed by atoms with van der Waals surface area (Å²) in [5.41, 5.74) is 7.61. The molecule has 3 N–H and O–H groups in total. The molecule has 2 aromatic rings. The number of anilines is 1. The molecule has 1 aromatic carbocycles. The highest BCUT2D eigenvalue weighted by atomic mass is 35.5. The quantitative estimate of drug-likeness (QED) is 0.877. The van der Waals surface area contributed by atoms with Crippen LogP contribution in [0.2, 0.25) is 0 Å². The van der Waals surface area contributed by atoms with E-state index in [2.05, 4.69) is 5.32 Å². The number of nitrogens with zero attached hydrogens (tertiary/aromatic N) is 2. The van der Waals surface area contributed by atoms with Gasteiger partial charge in [0.1, 0.15) is 5.69 Å². The Morgan fingerprint density at radius 1 is 1.24 bits per heavy atom. The zero-order chi connectivity index (χ0) is 17.3. The minimum absolute atomic E-state index is 0. The summed E-state index contributed by atoms with van der Waals surface area (Å²) in [4.78, 5) is 25.3. The minimum Gasteiger partial charge on any atom is -0.328 e. The van der Waals surface area contributed by atoms with Crippen molar-refractivity contribution < 1.29 is 4.79 Å². The summed E-state index contributed by atoms with van der Waals surface area (Å²) >= 11 is 0. The van der Waals surface area contributed by atoms with Gasteiger partial charge in [-0.05, 0) is 38.3 Å². The number of benzene rings is 1. The Bertz CT molecular complexity index is 797. The van der Waals surface area contributed by atoms with Crippen LogP contribution in [0, 0.1) is 12.8 Å². The van der Waals surface area contributed by atoms with E-state index in [-0.39, 0.29) is 35.8 Å². The molecule has 1 saturated carbocycles. The third-order valence-corrected chi connectivity index (χ3v) is 4.89. The van der Waals surface area contributed by atoms with Crippen LogP contribution in [0.5, 0.6) is 0 Å². The third kappa shape index (κ3) is 3.80. The van der Waals surface area contributed by atoms with Crippen LogP contribution in [0.15, 0.2) is 35.1 Å². The van der Waals surface area contributed by atoms with Crippen molar-refractivity contribution in [3.63, 3.8) is 0 Å². The number of nitrogens with one attached hydrogen (secondary N) is 1. The molecule has 2 atom stereocenters. The molecule has 3 rings (SSSR count). The number of amides is 1. The summed E-state index contributed by atoms with van der Waals surface area (Å²) < 4.78 is 3.33. The number of para-hydroxylation sites is 1. The smallest absolute Gasteiger partial charge is 0.295 e. The number of rotatable bonds is 3. The fraction of sp³-hybridized carbons (Fsp3) is 0.444. The summed E-state index contributed by atoms with van der Waals surface area (Å²) in [7, 11) is 1.82. The lowest BCUT2D eigenvalue weighted by atomic mass is 9.85. The molecular weight excluding hydrogens is 340 g/mol. The average Bonchev–Trinajstić information content (AvgIpc) is 2.79. The highest BCUT2D eigenvalue weighted by Crippen LogP contribution is 2.25. The summed E-state index contributed by atoms with van der Waals surface area (Å²) in [5, 5.41) is 2.85. The zero-order valence-electron chi connectivity index (χ0n) is 14.6. The summed E-state index contributed by atoms with van der Waals surface area (Å²) in [6, 6.07) is 9.48. The Kier molecular flexibility index (Phi) is 6.08. The molecule has 0 radical (unpaired) electrons. The SMILES string of the molecule is Cc1c(NC(=O)C2CCCC(N)C2)c(=O)n(-c2ccccc2)n1C.Cl. The summed E-state index contributed by atoms with van der Waals surface area (Å²) in [6.45, 7) is 1.84. The molecule has 1 aliphatic carbocycles. The van der Waals surface area contributed by atoms with Crippen molar-refractivity contribution in [1.29, 1.82) is 0 Å². The molecule has 0 bridgehead atoms. The average molecular weight is 365 g/mol. The Labute approximate surface area is 153 Å². The van der Waals surface area contributed by atoms with E-state index < -0.39 is 0 Å². The van der Waals surface area contributed by atoms with Crippen molar-refractivity contribution in [3.8, 4) is 5.69 Å². The van der Waals surface area contributed by atoms with Gasteiger partial charge < -0.3 is 11.1 Å². The predicted octanol–water partition coefficient (Wildman–Crippen LogP) is 2.36. The Hall–Kier alpha value is -2.05. The molecule has 1 amide bonds. The molecule has 6 nitrogen and oxygen atoms in total. The second-order valence-corrected chi connectivity index (χ2v) is 6.55. The third-order valence-electron chi connectivity index (χ3n) is 4.89. The number of aromatic nitrogens is 2. The number of hydrogen-bond acceptors (Lipinski definition) is 3. The van der Waals surface area contributed by atoms with Gasteiger partial charge in [0.2, 0.25) is 5.91 Å². The molecule has 0 spiro atoms. The van der Waals surface area contributed by atoms with Gasteiger partial charge in [0.15, 0.2) is 0 Å². The van der Waals surface area contributed by atoms with Crippen LogP contribution in [-0.4, -0.2) is 21.3 Å². The summed E-state index contributed by atoms with van der Waals surface area (Å²) in [6.07, 6.45) is 3.44. The maximum absolute atomic E-state index is 12.8. The maximum Gasteiger partial charge on any atom is 0.295 e. The zero-order valence-corrected chi connectivity index (χ0v) is 15.4. The number of nitrogens with two attached hydrogens (primary N) is 1. The number of hydrogen-bond donors (Lipinski definition) is 2. The van der Waals surface area contributed by atoms with Crippen LogP contribution in [0.4, 0.5) is 5.69 Å². The van der Waals surface area contributed by atoms with Gasteiger partial charge in [0, 0.05) is 19.0 Å². The molecule has 136 valence electrons. The lowest BCUT2D eigenvalue weighted by Crippen LogP contribution is -2.35. The van der Waals surface area contributed by atoms with Crippen LogP contribution in [0.1, 0.15) is 31.4 Å². The van der Waals surface area contributed by atoms with Crippen molar-refractivity contribution in [1.82, 2.24) is 9.36 Å². The second kappa shape index (κ2) is 7.89. The van der Waals surface area contributed by atoms with Crippen LogP contribution < -0.4 is 16.6 Å². The van der Waals surface area contributed by atoms with Gasteiger partial charge in [-0.1, -0.05) is 24.6 Å². The van der Waals surface area contributed by atoms with E-state index in [0.717, 1.165) is 30.6 Å². The molecular formula is C18H25ClN4O2. The van der Waals surface area contributed by atoms with E-state index >= 15 is 0 Å². The normalized spacial score (nSPS) is 20.0. The molecule has 1 heterocycles. The van der Waals surface area contributed by atoms with Gasteiger partial charge in [-0.3, -0.25) is 14.3 Å². The van der Waals surface area contributed by atoms with Crippen LogP contribution in [0.3, 0.4) is 0 Å².